The van der Waals surface area contributed by atoms with Gasteiger partial charge in [-0.15, -0.1) is 0 Å². The van der Waals surface area contributed by atoms with Crippen molar-refractivity contribution >= 4 is 39.8 Å². The van der Waals surface area contributed by atoms with Crippen molar-refractivity contribution in [2.75, 3.05) is 6.61 Å². The van der Waals surface area contributed by atoms with Crippen LogP contribution in [0.3, 0.4) is 0 Å². The number of fused-ring (bicyclic) bond motifs is 1. The van der Waals surface area contributed by atoms with Crippen molar-refractivity contribution in [3.63, 3.8) is 0 Å². The second kappa shape index (κ2) is 8.03. The smallest absolute Gasteiger partial charge is 0.286 e. The first-order valence-corrected chi connectivity index (χ1v) is 10.7. The van der Waals surface area contributed by atoms with Crippen molar-refractivity contribution in [3.8, 4) is 5.75 Å². The molecule has 2 aromatic carbocycles. The van der Waals surface area contributed by atoms with Crippen molar-refractivity contribution in [1.29, 1.82) is 0 Å². The van der Waals surface area contributed by atoms with Gasteiger partial charge in [0.25, 0.3) is 5.91 Å². The summed E-state index contributed by atoms with van der Waals surface area (Å²) >= 11 is 1.21. The van der Waals surface area contributed by atoms with Gasteiger partial charge in [0.2, 0.25) is 0 Å². The van der Waals surface area contributed by atoms with E-state index in [9.17, 15) is 4.79 Å². The van der Waals surface area contributed by atoms with Crippen LogP contribution in [0.25, 0.3) is 17.0 Å². The number of amidine groups is 1. The van der Waals surface area contributed by atoms with E-state index >= 15 is 0 Å². The van der Waals surface area contributed by atoms with Gasteiger partial charge in [0, 0.05) is 22.7 Å². The van der Waals surface area contributed by atoms with Crippen LogP contribution in [0.2, 0.25) is 0 Å². The maximum atomic E-state index is 12.0. The SMILES string of the molecule is CC(C)(C)c1ccc(OCCn2cc(/C=C3\SC(N)=NC3=O)c3ccccc32)cc1. The van der Waals surface area contributed by atoms with E-state index in [2.05, 4.69) is 54.6 Å². The van der Waals surface area contributed by atoms with Crippen LogP contribution in [0.5, 0.6) is 5.75 Å². The summed E-state index contributed by atoms with van der Waals surface area (Å²) in [4.78, 5) is 16.3. The molecule has 0 bridgehead atoms. The molecule has 6 heteroatoms. The molecule has 1 aliphatic rings. The van der Waals surface area contributed by atoms with Gasteiger partial charge in [-0.1, -0.05) is 51.1 Å². The lowest BCUT2D eigenvalue weighted by atomic mass is 9.87. The Hall–Kier alpha value is -2.99. The lowest BCUT2D eigenvalue weighted by Crippen LogP contribution is -2.11. The second-order valence-corrected chi connectivity index (χ2v) is 9.35. The average Bonchev–Trinajstić information content (AvgIpc) is 3.21. The molecule has 0 saturated carbocycles. The quantitative estimate of drug-likeness (QED) is 0.594. The largest absolute Gasteiger partial charge is 0.492 e. The number of hydrogen-bond donors (Lipinski definition) is 1. The summed E-state index contributed by atoms with van der Waals surface area (Å²) in [6.07, 6.45) is 3.91. The number of carbonyl (C=O) groups excluding carboxylic acids is 1. The van der Waals surface area contributed by atoms with E-state index in [1.54, 1.807) is 0 Å². The normalized spacial score (nSPS) is 15.8. The van der Waals surface area contributed by atoms with Gasteiger partial charge < -0.3 is 15.0 Å². The lowest BCUT2D eigenvalue weighted by molar-refractivity contribution is -0.113. The van der Waals surface area contributed by atoms with Crippen molar-refractivity contribution in [3.05, 3.63) is 70.8 Å². The number of amides is 1. The van der Waals surface area contributed by atoms with Crippen LogP contribution in [-0.2, 0) is 16.8 Å². The molecule has 0 unspecified atom stereocenters. The van der Waals surface area contributed by atoms with Crippen LogP contribution < -0.4 is 10.5 Å². The Balaban J connectivity index is 1.50. The molecule has 1 aliphatic heterocycles. The molecule has 1 aromatic heterocycles. The minimum Gasteiger partial charge on any atom is -0.492 e. The van der Waals surface area contributed by atoms with Gasteiger partial charge in [-0.3, -0.25) is 4.79 Å². The Labute approximate surface area is 180 Å². The maximum Gasteiger partial charge on any atom is 0.286 e. The Morgan fingerprint density at radius 1 is 1.13 bits per heavy atom. The third kappa shape index (κ3) is 4.28. The minimum absolute atomic E-state index is 0.127. The van der Waals surface area contributed by atoms with Crippen molar-refractivity contribution < 1.29 is 9.53 Å². The van der Waals surface area contributed by atoms with Gasteiger partial charge >= 0.3 is 0 Å². The van der Waals surface area contributed by atoms with Crippen LogP contribution in [0, 0.1) is 0 Å². The monoisotopic (exact) mass is 419 g/mol. The van der Waals surface area contributed by atoms with E-state index in [1.807, 2.05) is 36.5 Å². The molecule has 3 aromatic rings. The fraction of sp³-hybridized carbons (Fsp3) is 0.250. The van der Waals surface area contributed by atoms with Gasteiger partial charge in [0.1, 0.15) is 12.4 Å². The molecule has 0 atom stereocenters. The van der Waals surface area contributed by atoms with Crippen LogP contribution in [0.1, 0.15) is 31.9 Å². The predicted octanol–water partition coefficient (Wildman–Crippen LogP) is 4.95. The predicted molar refractivity (Wildman–Crippen MR) is 125 cm³/mol. The summed E-state index contributed by atoms with van der Waals surface area (Å²) in [5.74, 6) is 0.582. The van der Waals surface area contributed by atoms with Crippen molar-refractivity contribution in [2.24, 2.45) is 10.7 Å². The summed E-state index contributed by atoms with van der Waals surface area (Å²) in [6.45, 7) is 7.85. The van der Waals surface area contributed by atoms with Gasteiger partial charge in [-0.25, -0.2) is 0 Å². The molecule has 0 aliphatic carbocycles. The zero-order chi connectivity index (χ0) is 21.3. The second-order valence-electron chi connectivity index (χ2n) is 8.28. The number of para-hydroxylation sites is 1. The van der Waals surface area contributed by atoms with E-state index in [0.29, 0.717) is 23.2 Å². The standard InChI is InChI=1S/C24H25N3O2S/c1-24(2,3)17-8-10-18(11-9-17)29-13-12-27-15-16(19-6-4-5-7-20(19)27)14-21-22(28)26-23(25)30-21/h4-11,14-15H,12-13H2,1-3H3,(H2,25,26,28)/b21-14-. The molecule has 30 heavy (non-hydrogen) atoms. The number of hydrogen-bond acceptors (Lipinski definition) is 4. The van der Waals surface area contributed by atoms with Gasteiger partial charge in [-0.2, -0.15) is 4.99 Å². The molecule has 154 valence electrons. The Morgan fingerprint density at radius 2 is 1.87 bits per heavy atom. The Morgan fingerprint density at radius 3 is 2.53 bits per heavy atom. The molecule has 1 amide bonds. The summed E-state index contributed by atoms with van der Waals surface area (Å²) in [5.41, 5.74) is 9.15. The van der Waals surface area contributed by atoms with Crippen molar-refractivity contribution in [1.82, 2.24) is 4.57 Å². The number of ether oxygens (including phenoxy) is 1. The molecular weight excluding hydrogens is 394 g/mol. The highest BCUT2D eigenvalue weighted by atomic mass is 32.2. The molecule has 0 fully saturated rings. The number of thioether (sulfide) groups is 1. The maximum absolute atomic E-state index is 12.0. The van der Waals surface area contributed by atoms with Gasteiger partial charge in [0.05, 0.1) is 11.4 Å². The summed E-state index contributed by atoms with van der Waals surface area (Å²) in [7, 11) is 0. The highest BCUT2D eigenvalue weighted by Gasteiger charge is 2.20. The van der Waals surface area contributed by atoms with Crippen LogP contribution in [0.15, 0.2) is 64.6 Å². The molecule has 0 radical (unpaired) electrons. The number of nitrogens with zero attached hydrogens (tertiary/aromatic N) is 2. The summed E-state index contributed by atoms with van der Waals surface area (Å²) < 4.78 is 8.12. The van der Waals surface area contributed by atoms with E-state index in [4.69, 9.17) is 10.5 Å². The number of nitrogens with two attached hydrogens (primary N) is 1. The Bertz CT molecular complexity index is 1150. The molecule has 2 N–H and O–H groups in total. The highest BCUT2D eigenvalue weighted by Crippen LogP contribution is 2.30. The average molecular weight is 420 g/mol. The zero-order valence-electron chi connectivity index (χ0n) is 17.4. The summed E-state index contributed by atoms with van der Waals surface area (Å²) in [6, 6.07) is 16.4. The minimum atomic E-state index is -0.281. The van der Waals surface area contributed by atoms with E-state index < -0.39 is 0 Å². The summed E-state index contributed by atoms with van der Waals surface area (Å²) in [5, 5.41) is 1.37. The van der Waals surface area contributed by atoms with Gasteiger partial charge in [-0.05, 0) is 47.0 Å². The number of aromatic nitrogens is 1. The molecule has 4 rings (SSSR count). The third-order valence-electron chi connectivity index (χ3n) is 5.06. The number of rotatable bonds is 5. The number of carbonyl (C=O) groups is 1. The molecule has 0 saturated heterocycles. The Kier molecular flexibility index (Phi) is 5.43. The highest BCUT2D eigenvalue weighted by molar-refractivity contribution is 8.18. The van der Waals surface area contributed by atoms with Crippen LogP contribution >= 0.6 is 11.8 Å². The topological polar surface area (TPSA) is 69.6 Å². The first-order chi connectivity index (χ1) is 14.3. The van der Waals surface area contributed by atoms with Crippen LogP contribution in [0.4, 0.5) is 0 Å². The third-order valence-corrected chi connectivity index (χ3v) is 5.88. The van der Waals surface area contributed by atoms with E-state index in [0.717, 1.165) is 22.2 Å². The molecule has 5 nitrogen and oxygen atoms in total. The first-order valence-electron chi connectivity index (χ1n) is 9.90. The molecular formula is C24H25N3O2S. The molecule has 2 heterocycles. The zero-order valence-corrected chi connectivity index (χ0v) is 18.2. The lowest BCUT2D eigenvalue weighted by Gasteiger charge is -2.19. The number of benzene rings is 2. The molecule has 0 spiro atoms. The number of aliphatic imine (C=N–C) groups is 1. The fourth-order valence-electron chi connectivity index (χ4n) is 3.45. The van der Waals surface area contributed by atoms with Crippen LogP contribution in [-0.4, -0.2) is 22.2 Å². The van der Waals surface area contributed by atoms with E-state index in [-0.39, 0.29) is 11.3 Å². The first kappa shape index (κ1) is 20.3. The van der Waals surface area contributed by atoms with E-state index in [1.165, 1.54) is 17.3 Å². The van der Waals surface area contributed by atoms with Crippen molar-refractivity contribution in [2.45, 2.75) is 32.7 Å². The fourth-order valence-corrected chi connectivity index (χ4v) is 4.13. The van der Waals surface area contributed by atoms with Gasteiger partial charge in [0.15, 0.2) is 5.17 Å².